The van der Waals surface area contributed by atoms with Crippen LogP contribution in [0.25, 0.3) is 0 Å². The molecule has 0 radical (unpaired) electrons. The lowest BCUT2D eigenvalue weighted by molar-refractivity contribution is -0.129. The van der Waals surface area contributed by atoms with Crippen LogP contribution >= 0.6 is 11.3 Å². The molecule has 0 bridgehead atoms. The molecule has 0 spiro atoms. The molecule has 2 aromatic rings. The van der Waals surface area contributed by atoms with Gasteiger partial charge < -0.3 is 15.3 Å². The Morgan fingerprint density at radius 2 is 1.96 bits per heavy atom. The van der Waals surface area contributed by atoms with Crippen LogP contribution in [0.3, 0.4) is 0 Å². The maximum Gasteiger partial charge on any atom is 0.339 e. The molecule has 1 aromatic heterocycles. The molecule has 7 heteroatoms. The van der Waals surface area contributed by atoms with Crippen molar-refractivity contribution in [2.45, 2.75) is 26.8 Å². The lowest BCUT2D eigenvalue weighted by Crippen LogP contribution is -2.33. The number of nitrogens with one attached hydrogen (secondary N) is 1. The van der Waals surface area contributed by atoms with Crippen LogP contribution in [0.4, 0.5) is 5.00 Å². The summed E-state index contributed by atoms with van der Waals surface area (Å²) in [6, 6.07) is 7.15. The Morgan fingerprint density at radius 3 is 2.60 bits per heavy atom. The standard InChI is InChI=1S/C18H18N2O4S/c1-10-5-3-4-6-12(10)16(22)19-17-15(18(23)24)13-7-8-20(11(2)21)9-14(13)25-17/h3-6H,7-9H2,1-2H3,(H,19,22)(H,23,24). The molecule has 0 saturated heterocycles. The summed E-state index contributed by atoms with van der Waals surface area (Å²) in [6.45, 7) is 4.20. The second kappa shape index (κ2) is 6.68. The number of carboxylic acid groups (broad SMARTS) is 1. The number of anilines is 1. The van der Waals surface area contributed by atoms with E-state index in [1.807, 2.05) is 19.1 Å². The first-order valence-electron chi connectivity index (χ1n) is 7.88. The average Bonchev–Trinajstić information content (AvgIpc) is 2.91. The molecule has 25 heavy (non-hydrogen) atoms. The van der Waals surface area contributed by atoms with Gasteiger partial charge in [0.05, 0.1) is 12.1 Å². The molecule has 130 valence electrons. The van der Waals surface area contributed by atoms with Gasteiger partial charge in [0.1, 0.15) is 5.00 Å². The zero-order chi connectivity index (χ0) is 18.1. The van der Waals surface area contributed by atoms with Gasteiger partial charge in [-0.25, -0.2) is 4.79 Å². The van der Waals surface area contributed by atoms with E-state index in [0.717, 1.165) is 16.0 Å². The minimum absolute atomic E-state index is 0.0404. The molecule has 0 saturated carbocycles. The highest BCUT2D eigenvalue weighted by Gasteiger charge is 2.29. The van der Waals surface area contributed by atoms with Crippen LogP contribution < -0.4 is 5.32 Å². The smallest absolute Gasteiger partial charge is 0.339 e. The Kier molecular flexibility index (Phi) is 4.59. The van der Waals surface area contributed by atoms with Crippen molar-refractivity contribution in [3.05, 3.63) is 51.4 Å². The zero-order valence-electron chi connectivity index (χ0n) is 14.0. The van der Waals surface area contributed by atoms with E-state index in [-0.39, 0.29) is 17.4 Å². The Hall–Kier alpha value is -2.67. The molecule has 2 heterocycles. The number of fused-ring (bicyclic) bond motifs is 1. The number of carboxylic acids is 1. The first-order valence-corrected chi connectivity index (χ1v) is 8.70. The van der Waals surface area contributed by atoms with Gasteiger partial charge in [-0.15, -0.1) is 11.3 Å². The largest absolute Gasteiger partial charge is 0.478 e. The van der Waals surface area contributed by atoms with Crippen LogP contribution in [0.15, 0.2) is 24.3 Å². The number of hydrogen-bond acceptors (Lipinski definition) is 4. The monoisotopic (exact) mass is 358 g/mol. The highest BCUT2D eigenvalue weighted by atomic mass is 32.1. The third-order valence-corrected chi connectivity index (χ3v) is 5.47. The molecule has 0 unspecified atom stereocenters. The van der Waals surface area contributed by atoms with Crippen molar-refractivity contribution in [2.24, 2.45) is 0 Å². The fourth-order valence-electron chi connectivity index (χ4n) is 2.98. The van der Waals surface area contributed by atoms with Gasteiger partial charge in [0.25, 0.3) is 5.91 Å². The van der Waals surface area contributed by atoms with E-state index in [0.29, 0.717) is 30.1 Å². The van der Waals surface area contributed by atoms with Crippen molar-refractivity contribution in [2.75, 3.05) is 11.9 Å². The highest BCUT2D eigenvalue weighted by Crippen LogP contribution is 2.37. The molecule has 2 N–H and O–H groups in total. The Bertz CT molecular complexity index is 872. The summed E-state index contributed by atoms with van der Waals surface area (Å²) >= 11 is 1.23. The second-order valence-corrected chi connectivity index (χ2v) is 7.08. The topological polar surface area (TPSA) is 86.7 Å². The number of nitrogens with zero attached hydrogens (tertiary/aromatic N) is 1. The number of aromatic carboxylic acids is 1. The van der Waals surface area contributed by atoms with E-state index < -0.39 is 5.97 Å². The maximum atomic E-state index is 12.5. The Balaban J connectivity index is 1.94. The van der Waals surface area contributed by atoms with Crippen molar-refractivity contribution in [1.82, 2.24) is 4.90 Å². The fourth-order valence-corrected chi connectivity index (χ4v) is 4.24. The minimum atomic E-state index is -1.06. The third kappa shape index (κ3) is 3.28. The molecule has 1 aliphatic rings. The molecular formula is C18H18N2O4S. The van der Waals surface area contributed by atoms with Gasteiger partial charge >= 0.3 is 5.97 Å². The summed E-state index contributed by atoms with van der Waals surface area (Å²) < 4.78 is 0. The number of aryl methyl sites for hydroxylation is 1. The zero-order valence-corrected chi connectivity index (χ0v) is 14.8. The van der Waals surface area contributed by atoms with E-state index in [4.69, 9.17) is 0 Å². The van der Waals surface area contributed by atoms with Crippen LogP contribution in [0.1, 0.15) is 43.6 Å². The third-order valence-electron chi connectivity index (χ3n) is 4.33. The first-order chi connectivity index (χ1) is 11.9. The van der Waals surface area contributed by atoms with Gasteiger partial charge in [-0.05, 0) is 30.5 Å². The molecule has 2 amide bonds. The van der Waals surface area contributed by atoms with E-state index in [9.17, 15) is 19.5 Å². The first kappa shape index (κ1) is 17.2. The molecule has 1 aliphatic heterocycles. The quantitative estimate of drug-likeness (QED) is 0.883. The highest BCUT2D eigenvalue weighted by molar-refractivity contribution is 7.17. The normalized spacial score (nSPS) is 13.3. The van der Waals surface area contributed by atoms with Gasteiger partial charge in [-0.2, -0.15) is 0 Å². The number of thiophene rings is 1. The number of amides is 2. The summed E-state index contributed by atoms with van der Waals surface area (Å²) in [5.41, 5.74) is 2.19. The molecule has 0 aliphatic carbocycles. The van der Waals surface area contributed by atoms with Gasteiger partial charge in [0.15, 0.2) is 0 Å². The predicted octanol–water partition coefficient (Wildman–Crippen LogP) is 2.91. The fraction of sp³-hybridized carbons (Fsp3) is 0.278. The van der Waals surface area contributed by atoms with Crippen molar-refractivity contribution in [3.8, 4) is 0 Å². The van der Waals surface area contributed by atoms with Crippen molar-refractivity contribution >= 4 is 34.1 Å². The van der Waals surface area contributed by atoms with Crippen LogP contribution in [-0.4, -0.2) is 34.3 Å². The van der Waals surface area contributed by atoms with Gasteiger partial charge in [0, 0.05) is 23.9 Å². The Morgan fingerprint density at radius 1 is 1.24 bits per heavy atom. The molecular weight excluding hydrogens is 340 g/mol. The molecule has 0 fully saturated rings. The lowest BCUT2D eigenvalue weighted by atomic mass is 10.0. The SMILES string of the molecule is CC(=O)N1CCc2c(sc(NC(=O)c3ccccc3C)c2C(=O)O)C1. The van der Waals surface area contributed by atoms with Crippen molar-refractivity contribution < 1.29 is 19.5 Å². The average molecular weight is 358 g/mol. The maximum absolute atomic E-state index is 12.5. The van der Waals surface area contributed by atoms with E-state index >= 15 is 0 Å². The van der Waals surface area contributed by atoms with Crippen LogP contribution in [0.5, 0.6) is 0 Å². The van der Waals surface area contributed by atoms with Crippen molar-refractivity contribution in [1.29, 1.82) is 0 Å². The van der Waals surface area contributed by atoms with E-state index in [1.54, 1.807) is 17.0 Å². The van der Waals surface area contributed by atoms with Crippen LogP contribution in [-0.2, 0) is 17.8 Å². The minimum Gasteiger partial charge on any atom is -0.478 e. The second-order valence-electron chi connectivity index (χ2n) is 5.97. The number of carbonyl (C=O) groups is 3. The predicted molar refractivity (Wildman–Crippen MR) is 95.2 cm³/mol. The Labute approximate surface area is 149 Å². The van der Waals surface area contributed by atoms with Gasteiger partial charge in [-0.1, -0.05) is 18.2 Å². The molecule has 0 atom stereocenters. The lowest BCUT2D eigenvalue weighted by Gasteiger charge is -2.25. The van der Waals surface area contributed by atoms with E-state index in [1.165, 1.54) is 18.3 Å². The summed E-state index contributed by atoms with van der Waals surface area (Å²) in [5, 5.41) is 12.7. The number of benzene rings is 1. The number of rotatable bonds is 3. The number of hydrogen-bond donors (Lipinski definition) is 2. The molecule has 6 nitrogen and oxygen atoms in total. The van der Waals surface area contributed by atoms with Gasteiger partial charge in [0.2, 0.25) is 5.91 Å². The molecule has 1 aromatic carbocycles. The van der Waals surface area contributed by atoms with Crippen LogP contribution in [0, 0.1) is 6.92 Å². The number of carbonyl (C=O) groups excluding carboxylic acids is 2. The van der Waals surface area contributed by atoms with Crippen LogP contribution in [0.2, 0.25) is 0 Å². The summed E-state index contributed by atoms with van der Waals surface area (Å²) in [7, 11) is 0. The summed E-state index contributed by atoms with van der Waals surface area (Å²) in [4.78, 5) is 38.3. The molecule has 3 rings (SSSR count). The van der Waals surface area contributed by atoms with Crippen molar-refractivity contribution in [3.63, 3.8) is 0 Å². The summed E-state index contributed by atoms with van der Waals surface area (Å²) in [5.74, 6) is -1.43. The summed E-state index contributed by atoms with van der Waals surface area (Å²) in [6.07, 6.45) is 0.479. The van der Waals surface area contributed by atoms with E-state index in [2.05, 4.69) is 5.32 Å². The van der Waals surface area contributed by atoms with Gasteiger partial charge in [-0.3, -0.25) is 9.59 Å².